The van der Waals surface area contributed by atoms with E-state index in [1.165, 1.54) is 24.3 Å². The number of ketones is 1. The van der Waals surface area contributed by atoms with E-state index < -0.39 is 0 Å². The summed E-state index contributed by atoms with van der Waals surface area (Å²) in [5, 5.41) is 0.569. The van der Waals surface area contributed by atoms with Gasteiger partial charge in [0.1, 0.15) is 10.8 Å². The number of hydrogen-bond acceptors (Lipinski definition) is 1. The number of carbonyl (C=O) groups excluding carboxylic acids is 1. The minimum absolute atomic E-state index is 0. The van der Waals surface area contributed by atoms with Crippen LogP contribution in [0.1, 0.15) is 10.4 Å². The number of aromatic nitrogens is 1. The maximum absolute atomic E-state index is 12.7. The number of halogens is 3. The Morgan fingerprint density at radius 1 is 1.22 bits per heavy atom. The zero-order valence-corrected chi connectivity index (χ0v) is 11.7. The van der Waals surface area contributed by atoms with Gasteiger partial charge < -0.3 is 17.0 Å². The molecular formula is C13H10BrClFNO. The second-order valence-corrected chi connectivity index (χ2v) is 4.06. The number of nitrogens with zero attached hydrogens (tertiary/aromatic N) is 1. The van der Waals surface area contributed by atoms with E-state index in [4.69, 9.17) is 11.6 Å². The summed E-state index contributed by atoms with van der Waals surface area (Å²) in [5.41, 5.74) is 0.485. The molecule has 0 spiro atoms. The minimum atomic E-state index is -0.350. The second kappa shape index (κ2) is 6.61. The normalized spacial score (nSPS) is 9.67. The minimum Gasteiger partial charge on any atom is -1.00 e. The average Bonchev–Trinajstić information content (AvgIpc) is 2.29. The Morgan fingerprint density at radius 2 is 1.89 bits per heavy atom. The smallest absolute Gasteiger partial charge is 0.227 e. The highest BCUT2D eigenvalue weighted by atomic mass is 79.9. The van der Waals surface area contributed by atoms with Crippen molar-refractivity contribution in [3.63, 3.8) is 0 Å². The molecule has 0 unspecified atom stereocenters. The quantitative estimate of drug-likeness (QED) is 0.557. The van der Waals surface area contributed by atoms with Gasteiger partial charge in [0.25, 0.3) is 0 Å². The van der Waals surface area contributed by atoms with Crippen molar-refractivity contribution < 1.29 is 30.7 Å². The Labute approximate surface area is 120 Å². The summed E-state index contributed by atoms with van der Waals surface area (Å²) in [7, 11) is 0. The van der Waals surface area contributed by atoms with Crippen molar-refractivity contribution in [2.75, 3.05) is 0 Å². The Morgan fingerprint density at radius 3 is 2.50 bits per heavy atom. The van der Waals surface area contributed by atoms with Gasteiger partial charge in [-0.3, -0.25) is 4.79 Å². The summed E-state index contributed by atoms with van der Waals surface area (Å²) in [6.07, 6.45) is 3.43. The van der Waals surface area contributed by atoms with Crippen LogP contribution in [-0.2, 0) is 6.54 Å². The molecule has 18 heavy (non-hydrogen) atoms. The van der Waals surface area contributed by atoms with Crippen molar-refractivity contribution in [1.29, 1.82) is 0 Å². The summed E-state index contributed by atoms with van der Waals surface area (Å²) < 4.78 is 14.4. The fourth-order valence-corrected chi connectivity index (χ4v) is 1.68. The molecule has 1 heterocycles. The third kappa shape index (κ3) is 3.89. The molecule has 0 amide bonds. The maximum atomic E-state index is 12.7. The molecule has 0 saturated carbocycles. The second-order valence-electron chi connectivity index (χ2n) is 3.62. The zero-order chi connectivity index (χ0) is 12.3. The highest BCUT2D eigenvalue weighted by molar-refractivity contribution is 6.30. The van der Waals surface area contributed by atoms with Crippen LogP contribution in [0.4, 0.5) is 4.39 Å². The van der Waals surface area contributed by atoms with Gasteiger partial charge >= 0.3 is 0 Å². The molecule has 0 bridgehead atoms. The van der Waals surface area contributed by atoms with E-state index in [-0.39, 0.29) is 35.1 Å². The molecule has 2 aromatic rings. The molecule has 0 aliphatic carbocycles. The van der Waals surface area contributed by atoms with Crippen molar-refractivity contribution in [1.82, 2.24) is 0 Å². The van der Waals surface area contributed by atoms with E-state index in [9.17, 15) is 9.18 Å². The van der Waals surface area contributed by atoms with Gasteiger partial charge in [-0.05, 0) is 30.3 Å². The first-order chi connectivity index (χ1) is 8.15. The van der Waals surface area contributed by atoms with Gasteiger partial charge in [-0.15, -0.1) is 0 Å². The highest BCUT2D eigenvalue weighted by Gasteiger charge is 2.12. The fraction of sp³-hybridized carbons (Fsp3) is 0.0769. The van der Waals surface area contributed by atoms with E-state index in [0.29, 0.717) is 10.6 Å². The zero-order valence-electron chi connectivity index (χ0n) is 9.32. The van der Waals surface area contributed by atoms with E-state index in [1.54, 1.807) is 29.1 Å². The fourth-order valence-electron chi connectivity index (χ4n) is 1.48. The largest absolute Gasteiger partial charge is 1.00 e. The van der Waals surface area contributed by atoms with Crippen LogP contribution in [0, 0.1) is 5.82 Å². The molecule has 2 rings (SSSR count). The Hall–Kier alpha value is -1.26. The molecule has 2 nitrogen and oxygen atoms in total. The lowest BCUT2D eigenvalue weighted by atomic mass is 10.1. The average molecular weight is 331 g/mol. The molecule has 0 fully saturated rings. The molecule has 0 aliphatic rings. The van der Waals surface area contributed by atoms with Crippen LogP contribution >= 0.6 is 11.6 Å². The highest BCUT2D eigenvalue weighted by Crippen LogP contribution is 2.05. The van der Waals surface area contributed by atoms with Crippen LogP contribution in [0.2, 0.25) is 5.02 Å². The predicted molar refractivity (Wildman–Crippen MR) is 62.4 cm³/mol. The molecule has 94 valence electrons. The first-order valence-corrected chi connectivity index (χ1v) is 5.46. The molecule has 1 aromatic heterocycles. The summed E-state index contributed by atoms with van der Waals surface area (Å²) in [6.45, 7) is 0.187. The van der Waals surface area contributed by atoms with Gasteiger partial charge in [-0.2, -0.15) is 4.57 Å². The van der Waals surface area contributed by atoms with E-state index >= 15 is 0 Å². The number of carbonyl (C=O) groups is 1. The topological polar surface area (TPSA) is 20.9 Å². The summed E-state index contributed by atoms with van der Waals surface area (Å²) >= 11 is 5.81. The maximum Gasteiger partial charge on any atom is 0.227 e. The first kappa shape index (κ1) is 14.8. The summed E-state index contributed by atoms with van der Waals surface area (Å²) in [5.74, 6) is -0.436. The van der Waals surface area contributed by atoms with Crippen molar-refractivity contribution in [3.8, 4) is 0 Å². The van der Waals surface area contributed by atoms with Gasteiger partial charge in [0.15, 0.2) is 12.4 Å². The van der Waals surface area contributed by atoms with Gasteiger partial charge in [-0.1, -0.05) is 11.6 Å². The van der Waals surface area contributed by atoms with Crippen LogP contribution in [0.3, 0.4) is 0 Å². The van der Waals surface area contributed by atoms with Crippen LogP contribution in [0.5, 0.6) is 0 Å². The molecule has 0 saturated heterocycles. The molecule has 5 heteroatoms. The molecule has 0 N–H and O–H groups in total. The molecule has 0 atom stereocenters. The Bertz CT molecular complexity index is 545. The number of Topliss-reactive ketones (excluding diaryl/α,β-unsaturated/α-hetero) is 1. The first-order valence-electron chi connectivity index (χ1n) is 5.08. The monoisotopic (exact) mass is 329 g/mol. The lowest BCUT2D eigenvalue weighted by Crippen LogP contribution is -3.00. The van der Waals surface area contributed by atoms with Crippen LogP contribution in [0.25, 0.3) is 0 Å². The molecular weight excluding hydrogens is 321 g/mol. The van der Waals surface area contributed by atoms with Crippen LogP contribution in [0.15, 0.2) is 48.8 Å². The van der Waals surface area contributed by atoms with Crippen molar-refractivity contribution >= 4 is 17.4 Å². The van der Waals surface area contributed by atoms with E-state index in [0.717, 1.165) is 0 Å². The molecule has 0 radical (unpaired) electrons. The Kier molecular flexibility index (Phi) is 5.44. The van der Waals surface area contributed by atoms with Crippen molar-refractivity contribution in [3.05, 3.63) is 65.2 Å². The third-order valence-corrected chi connectivity index (χ3v) is 2.54. The number of pyridine rings is 1. The van der Waals surface area contributed by atoms with Gasteiger partial charge in [-0.25, -0.2) is 4.39 Å². The lowest BCUT2D eigenvalue weighted by Gasteiger charge is -1.98. The van der Waals surface area contributed by atoms with Gasteiger partial charge in [0.2, 0.25) is 12.3 Å². The standard InChI is InChI=1S/C13H10ClFNO.BrH/c14-11-2-1-7-16(8-11)9-13(17)10-3-5-12(15)6-4-10;/h1-8H,9H2;1H/q+1;/p-1. The van der Waals surface area contributed by atoms with Crippen LogP contribution < -0.4 is 21.5 Å². The van der Waals surface area contributed by atoms with Gasteiger partial charge in [0, 0.05) is 11.6 Å². The van der Waals surface area contributed by atoms with E-state index in [2.05, 4.69) is 0 Å². The van der Waals surface area contributed by atoms with E-state index in [1.807, 2.05) is 0 Å². The van der Waals surface area contributed by atoms with Crippen LogP contribution in [-0.4, -0.2) is 5.78 Å². The number of hydrogen-bond donors (Lipinski definition) is 0. The van der Waals surface area contributed by atoms with Crippen molar-refractivity contribution in [2.24, 2.45) is 0 Å². The Balaban J connectivity index is 0.00000162. The number of rotatable bonds is 3. The molecule has 1 aromatic carbocycles. The third-order valence-electron chi connectivity index (χ3n) is 2.31. The predicted octanol–water partition coefficient (Wildman–Crippen LogP) is -0.347. The van der Waals surface area contributed by atoms with Crippen molar-refractivity contribution in [2.45, 2.75) is 6.54 Å². The summed E-state index contributed by atoms with van der Waals surface area (Å²) in [6, 6.07) is 9.00. The van der Waals surface area contributed by atoms with Gasteiger partial charge in [0.05, 0.1) is 0 Å². The molecule has 0 aliphatic heterocycles. The summed E-state index contributed by atoms with van der Waals surface area (Å²) in [4.78, 5) is 11.9. The lowest BCUT2D eigenvalue weighted by molar-refractivity contribution is -0.683. The SMILES string of the molecule is O=C(C[n+]1cccc(Cl)c1)c1ccc(F)cc1.[Br-]. The number of benzene rings is 1.